The fraction of sp³-hybridized carbons (Fsp3) is 0.941. The lowest BCUT2D eigenvalue weighted by Gasteiger charge is -2.12. The molecule has 0 aromatic heterocycles. The van der Waals surface area contributed by atoms with Crippen molar-refractivity contribution in [2.75, 3.05) is 6.61 Å². The number of carbonyl (C=O) groups is 1. The Morgan fingerprint density at radius 2 is 1.40 bits per heavy atom. The van der Waals surface area contributed by atoms with Gasteiger partial charge < -0.3 is 9.84 Å². The topological polar surface area (TPSA) is 46.5 Å². The molecule has 0 saturated carbocycles. The Balaban J connectivity index is 3.25. The predicted octanol–water partition coefficient (Wildman–Crippen LogP) is 4.61. The average Bonchev–Trinajstić information content (AvgIpc) is 2.46. The molecule has 1 N–H and O–H groups in total. The van der Waals surface area contributed by atoms with Gasteiger partial charge in [-0.2, -0.15) is 0 Å². The summed E-state index contributed by atoms with van der Waals surface area (Å²) in [5.41, 5.74) is 0. The highest BCUT2D eigenvalue weighted by molar-refractivity contribution is 5.69. The third-order valence-corrected chi connectivity index (χ3v) is 3.69. The Kier molecular flexibility index (Phi) is 14.4. The van der Waals surface area contributed by atoms with Gasteiger partial charge in [0.15, 0.2) is 0 Å². The summed E-state index contributed by atoms with van der Waals surface area (Å²) in [5, 5.41) is 8.94. The van der Waals surface area contributed by atoms with Crippen LogP contribution in [0.5, 0.6) is 0 Å². The molecule has 0 aliphatic rings. The zero-order valence-electron chi connectivity index (χ0n) is 13.5. The van der Waals surface area contributed by atoms with Crippen molar-refractivity contribution in [3.8, 4) is 0 Å². The molecule has 3 nitrogen and oxygen atoms in total. The van der Waals surface area contributed by atoms with Crippen LogP contribution in [0.15, 0.2) is 0 Å². The molecule has 0 amide bonds. The van der Waals surface area contributed by atoms with Crippen molar-refractivity contribution in [1.82, 2.24) is 0 Å². The van der Waals surface area contributed by atoms with Gasteiger partial charge in [-0.1, -0.05) is 71.6 Å². The Labute approximate surface area is 125 Å². The molecule has 0 saturated heterocycles. The first-order valence-electron chi connectivity index (χ1n) is 8.54. The molecular formula is C17H34O3. The predicted molar refractivity (Wildman–Crippen MR) is 83.7 cm³/mol. The third-order valence-electron chi connectivity index (χ3n) is 3.69. The van der Waals surface area contributed by atoms with Crippen molar-refractivity contribution >= 4 is 5.97 Å². The molecule has 1 unspecified atom stereocenters. The molecule has 0 heterocycles. The number of hydrogen-bond donors (Lipinski definition) is 1. The normalized spacial score (nSPS) is 12.3. The monoisotopic (exact) mass is 286 g/mol. The van der Waals surface area contributed by atoms with Crippen LogP contribution in [-0.4, -0.2) is 23.8 Å². The highest BCUT2D eigenvalue weighted by Gasteiger charge is 2.10. The van der Waals surface area contributed by atoms with Gasteiger partial charge >= 0.3 is 5.97 Å². The zero-order chi connectivity index (χ0) is 15.1. The maximum atomic E-state index is 11.5. The summed E-state index contributed by atoms with van der Waals surface area (Å²) in [6, 6.07) is 0. The van der Waals surface area contributed by atoms with Crippen molar-refractivity contribution in [1.29, 1.82) is 0 Å². The highest BCUT2D eigenvalue weighted by atomic mass is 16.5. The standard InChI is InChI=1S/C17H34O3/c1-3-5-6-7-8-9-10-11-12-13-14-17(19)20-16(4-2)15-18/h16,18H,3-15H2,1-2H3. The first kappa shape index (κ1) is 19.4. The summed E-state index contributed by atoms with van der Waals surface area (Å²) in [5.74, 6) is -0.162. The van der Waals surface area contributed by atoms with E-state index < -0.39 is 0 Å². The molecule has 0 bridgehead atoms. The minimum Gasteiger partial charge on any atom is -0.460 e. The summed E-state index contributed by atoms with van der Waals surface area (Å²) in [6.07, 6.45) is 13.5. The smallest absolute Gasteiger partial charge is 0.306 e. The number of hydrogen-bond acceptors (Lipinski definition) is 3. The van der Waals surface area contributed by atoms with Crippen molar-refractivity contribution in [2.45, 2.75) is 97.0 Å². The van der Waals surface area contributed by atoms with Crippen LogP contribution in [0.25, 0.3) is 0 Å². The summed E-state index contributed by atoms with van der Waals surface area (Å²) < 4.78 is 5.14. The largest absolute Gasteiger partial charge is 0.460 e. The molecule has 0 fully saturated rings. The van der Waals surface area contributed by atoms with E-state index in [2.05, 4.69) is 6.92 Å². The van der Waals surface area contributed by atoms with Crippen molar-refractivity contribution in [3.63, 3.8) is 0 Å². The molecule has 0 aliphatic carbocycles. The molecular weight excluding hydrogens is 252 g/mol. The van der Waals surface area contributed by atoms with Crippen LogP contribution in [0, 0.1) is 0 Å². The minimum atomic E-state index is -0.314. The Morgan fingerprint density at radius 1 is 0.900 bits per heavy atom. The lowest BCUT2D eigenvalue weighted by molar-refractivity contribution is -0.151. The molecule has 0 aromatic rings. The van der Waals surface area contributed by atoms with Crippen molar-refractivity contribution in [2.24, 2.45) is 0 Å². The number of unbranched alkanes of at least 4 members (excludes halogenated alkanes) is 9. The number of aliphatic hydroxyl groups is 1. The van der Waals surface area contributed by atoms with E-state index in [0.29, 0.717) is 12.8 Å². The molecule has 20 heavy (non-hydrogen) atoms. The second-order valence-electron chi connectivity index (χ2n) is 5.63. The fourth-order valence-electron chi connectivity index (χ4n) is 2.25. The van der Waals surface area contributed by atoms with Crippen LogP contribution in [0.4, 0.5) is 0 Å². The van der Waals surface area contributed by atoms with Crippen LogP contribution in [0.1, 0.15) is 90.9 Å². The van der Waals surface area contributed by atoms with E-state index in [0.717, 1.165) is 12.8 Å². The van der Waals surface area contributed by atoms with Gasteiger partial charge in [0.1, 0.15) is 6.10 Å². The number of carbonyl (C=O) groups excluding carboxylic acids is 1. The SMILES string of the molecule is CCCCCCCCCCCCC(=O)OC(CC)CO. The van der Waals surface area contributed by atoms with Crippen molar-refractivity contribution < 1.29 is 14.6 Å². The van der Waals surface area contributed by atoms with E-state index in [4.69, 9.17) is 9.84 Å². The van der Waals surface area contributed by atoms with Gasteiger partial charge in [-0.05, 0) is 12.8 Å². The number of aliphatic hydroxyl groups excluding tert-OH is 1. The van der Waals surface area contributed by atoms with Gasteiger partial charge in [0, 0.05) is 6.42 Å². The molecule has 1 atom stereocenters. The van der Waals surface area contributed by atoms with Crippen LogP contribution in [0.3, 0.4) is 0 Å². The molecule has 0 aromatic carbocycles. The maximum absolute atomic E-state index is 11.5. The lowest BCUT2D eigenvalue weighted by atomic mass is 10.1. The number of ether oxygens (including phenoxy) is 1. The van der Waals surface area contributed by atoms with E-state index in [-0.39, 0.29) is 18.7 Å². The van der Waals surface area contributed by atoms with E-state index in [1.165, 1.54) is 51.4 Å². The van der Waals surface area contributed by atoms with Crippen LogP contribution < -0.4 is 0 Å². The Morgan fingerprint density at radius 3 is 1.85 bits per heavy atom. The number of esters is 1. The summed E-state index contributed by atoms with van der Waals surface area (Å²) in [7, 11) is 0. The summed E-state index contributed by atoms with van der Waals surface area (Å²) in [6.45, 7) is 4.09. The average molecular weight is 286 g/mol. The van der Waals surface area contributed by atoms with E-state index in [1.54, 1.807) is 0 Å². The molecule has 0 aliphatic heterocycles. The Hall–Kier alpha value is -0.570. The fourth-order valence-corrected chi connectivity index (χ4v) is 2.25. The molecule has 0 radical (unpaired) electrons. The van der Waals surface area contributed by atoms with Gasteiger partial charge in [0.05, 0.1) is 6.61 Å². The quantitative estimate of drug-likeness (QED) is 0.374. The van der Waals surface area contributed by atoms with E-state index >= 15 is 0 Å². The van der Waals surface area contributed by atoms with Gasteiger partial charge in [0.25, 0.3) is 0 Å². The first-order chi connectivity index (χ1) is 9.74. The Bertz CT molecular complexity index is 212. The third kappa shape index (κ3) is 12.5. The number of rotatable bonds is 14. The second kappa shape index (κ2) is 14.8. The van der Waals surface area contributed by atoms with Gasteiger partial charge in [-0.15, -0.1) is 0 Å². The van der Waals surface area contributed by atoms with Gasteiger partial charge in [0.2, 0.25) is 0 Å². The van der Waals surface area contributed by atoms with E-state index in [1.807, 2.05) is 6.92 Å². The molecule has 0 spiro atoms. The molecule has 3 heteroatoms. The van der Waals surface area contributed by atoms with Crippen LogP contribution in [0.2, 0.25) is 0 Å². The van der Waals surface area contributed by atoms with Crippen LogP contribution in [-0.2, 0) is 9.53 Å². The van der Waals surface area contributed by atoms with Crippen molar-refractivity contribution in [3.05, 3.63) is 0 Å². The van der Waals surface area contributed by atoms with Gasteiger partial charge in [-0.25, -0.2) is 0 Å². The minimum absolute atomic E-state index is 0.0692. The van der Waals surface area contributed by atoms with Gasteiger partial charge in [-0.3, -0.25) is 4.79 Å². The highest BCUT2D eigenvalue weighted by Crippen LogP contribution is 2.11. The summed E-state index contributed by atoms with van der Waals surface area (Å²) in [4.78, 5) is 11.5. The maximum Gasteiger partial charge on any atom is 0.306 e. The molecule has 120 valence electrons. The lowest BCUT2D eigenvalue weighted by Crippen LogP contribution is -2.20. The van der Waals surface area contributed by atoms with Crippen LogP contribution >= 0.6 is 0 Å². The zero-order valence-corrected chi connectivity index (χ0v) is 13.5. The summed E-state index contributed by atoms with van der Waals surface area (Å²) >= 11 is 0. The second-order valence-corrected chi connectivity index (χ2v) is 5.63. The molecule has 0 rings (SSSR count). The van der Waals surface area contributed by atoms with E-state index in [9.17, 15) is 4.79 Å². The first-order valence-corrected chi connectivity index (χ1v) is 8.54.